The molecule has 0 bridgehead atoms. The van der Waals surface area contributed by atoms with E-state index in [0.29, 0.717) is 19.5 Å². The Kier molecular flexibility index (Phi) is 3.69. The molecule has 4 heteroatoms. The van der Waals surface area contributed by atoms with Crippen molar-refractivity contribution in [3.8, 4) is 0 Å². The van der Waals surface area contributed by atoms with Gasteiger partial charge in [-0.05, 0) is 20.3 Å². The molecule has 1 N–H and O–H groups in total. The highest BCUT2D eigenvalue weighted by molar-refractivity contribution is 5.77. The number of hydrogen-bond acceptors (Lipinski definition) is 3. The largest absolute Gasteiger partial charge is 0.391 e. The van der Waals surface area contributed by atoms with Crippen molar-refractivity contribution in [3.63, 3.8) is 0 Å². The van der Waals surface area contributed by atoms with Crippen molar-refractivity contribution in [1.82, 2.24) is 4.90 Å². The lowest BCUT2D eigenvalue weighted by molar-refractivity contribution is -0.136. The van der Waals surface area contributed by atoms with Gasteiger partial charge in [0.2, 0.25) is 5.91 Å². The molecular formula is C9H17NO3. The monoisotopic (exact) mass is 187 g/mol. The Morgan fingerprint density at radius 2 is 2.38 bits per heavy atom. The van der Waals surface area contributed by atoms with Crippen LogP contribution in [0.1, 0.15) is 20.3 Å². The van der Waals surface area contributed by atoms with Gasteiger partial charge in [0.25, 0.3) is 0 Å². The second-order valence-electron chi connectivity index (χ2n) is 3.64. The van der Waals surface area contributed by atoms with Crippen molar-refractivity contribution in [1.29, 1.82) is 0 Å². The quantitative estimate of drug-likeness (QED) is 0.677. The maximum absolute atomic E-state index is 11.4. The molecular weight excluding hydrogens is 170 g/mol. The lowest BCUT2D eigenvalue weighted by Crippen LogP contribution is -2.33. The first-order valence-electron chi connectivity index (χ1n) is 4.67. The van der Waals surface area contributed by atoms with Crippen molar-refractivity contribution < 1.29 is 14.6 Å². The molecule has 0 saturated carbocycles. The molecule has 0 radical (unpaired) electrons. The van der Waals surface area contributed by atoms with Gasteiger partial charge in [0.05, 0.1) is 12.2 Å². The third-order valence-corrected chi connectivity index (χ3v) is 2.06. The molecule has 0 aromatic carbocycles. The number of nitrogens with zero attached hydrogens (tertiary/aromatic N) is 1. The summed E-state index contributed by atoms with van der Waals surface area (Å²) in [5.41, 5.74) is 0. The Bertz CT molecular complexity index is 182. The minimum absolute atomic E-state index is 0.0229. The molecule has 0 aromatic heterocycles. The number of rotatable bonds is 3. The summed E-state index contributed by atoms with van der Waals surface area (Å²) in [5, 5.41) is 9.19. The standard InChI is InChI=1S/C9H17NO3/c1-7(2)13-6-9(12)10-4-3-8(11)5-10/h7-8,11H,3-6H2,1-2H3/t8-/m1/s1. The summed E-state index contributed by atoms with van der Waals surface area (Å²) in [6.07, 6.45) is 0.424. The summed E-state index contributed by atoms with van der Waals surface area (Å²) in [7, 11) is 0. The summed E-state index contributed by atoms with van der Waals surface area (Å²) in [6, 6.07) is 0. The van der Waals surface area contributed by atoms with Gasteiger partial charge in [-0.15, -0.1) is 0 Å². The number of ether oxygens (including phenoxy) is 1. The second kappa shape index (κ2) is 4.58. The van der Waals surface area contributed by atoms with E-state index in [1.165, 1.54) is 0 Å². The van der Waals surface area contributed by atoms with E-state index in [1.807, 2.05) is 13.8 Å². The highest BCUT2D eigenvalue weighted by atomic mass is 16.5. The number of carbonyl (C=O) groups excluding carboxylic acids is 1. The zero-order valence-electron chi connectivity index (χ0n) is 8.19. The molecule has 1 aliphatic heterocycles. The van der Waals surface area contributed by atoms with Crippen LogP contribution in [-0.4, -0.2) is 47.8 Å². The first kappa shape index (κ1) is 10.5. The van der Waals surface area contributed by atoms with E-state index in [2.05, 4.69) is 0 Å². The van der Waals surface area contributed by atoms with Crippen LogP contribution in [0, 0.1) is 0 Å². The summed E-state index contributed by atoms with van der Waals surface area (Å²) in [4.78, 5) is 13.0. The van der Waals surface area contributed by atoms with E-state index < -0.39 is 0 Å². The van der Waals surface area contributed by atoms with Crippen LogP contribution in [0.4, 0.5) is 0 Å². The molecule has 13 heavy (non-hydrogen) atoms. The third-order valence-electron chi connectivity index (χ3n) is 2.06. The van der Waals surface area contributed by atoms with Crippen molar-refractivity contribution >= 4 is 5.91 Å². The van der Waals surface area contributed by atoms with E-state index in [-0.39, 0.29) is 24.7 Å². The zero-order chi connectivity index (χ0) is 9.84. The Hall–Kier alpha value is -0.610. The van der Waals surface area contributed by atoms with Crippen LogP contribution in [-0.2, 0) is 9.53 Å². The summed E-state index contributed by atoms with van der Waals surface area (Å²) < 4.78 is 5.18. The molecule has 0 unspecified atom stereocenters. The number of likely N-dealkylation sites (tertiary alicyclic amines) is 1. The van der Waals surface area contributed by atoms with E-state index in [1.54, 1.807) is 4.90 Å². The van der Waals surface area contributed by atoms with Crippen LogP contribution in [0.2, 0.25) is 0 Å². The van der Waals surface area contributed by atoms with E-state index in [0.717, 1.165) is 0 Å². The fraction of sp³-hybridized carbons (Fsp3) is 0.889. The van der Waals surface area contributed by atoms with Gasteiger partial charge in [0.1, 0.15) is 6.61 Å². The normalized spacial score (nSPS) is 22.8. The van der Waals surface area contributed by atoms with Gasteiger partial charge in [-0.25, -0.2) is 0 Å². The summed E-state index contributed by atoms with van der Waals surface area (Å²) in [6.45, 7) is 5.03. The fourth-order valence-electron chi connectivity index (χ4n) is 1.30. The number of hydrogen-bond donors (Lipinski definition) is 1. The number of aliphatic hydroxyl groups is 1. The van der Waals surface area contributed by atoms with Crippen LogP contribution < -0.4 is 0 Å². The molecule has 1 fully saturated rings. The SMILES string of the molecule is CC(C)OCC(=O)N1CC[C@@H](O)C1. The summed E-state index contributed by atoms with van der Waals surface area (Å²) in [5.74, 6) is -0.0229. The molecule has 0 spiro atoms. The van der Waals surface area contributed by atoms with Crippen LogP contribution >= 0.6 is 0 Å². The van der Waals surface area contributed by atoms with Crippen LogP contribution in [0.15, 0.2) is 0 Å². The predicted molar refractivity (Wildman–Crippen MR) is 48.3 cm³/mol. The zero-order valence-corrected chi connectivity index (χ0v) is 8.19. The van der Waals surface area contributed by atoms with E-state index in [4.69, 9.17) is 4.74 Å². The first-order chi connectivity index (χ1) is 6.09. The predicted octanol–water partition coefficient (Wildman–Crippen LogP) is 0.00460. The van der Waals surface area contributed by atoms with Gasteiger partial charge in [-0.1, -0.05) is 0 Å². The van der Waals surface area contributed by atoms with Gasteiger partial charge in [0.15, 0.2) is 0 Å². The Labute approximate surface area is 78.5 Å². The average molecular weight is 187 g/mol. The molecule has 1 amide bonds. The highest BCUT2D eigenvalue weighted by Gasteiger charge is 2.24. The van der Waals surface area contributed by atoms with Crippen molar-refractivity contribution in [2.45, 2.75) is 32.5 Å². The first-order valence-corrected chi connectivity index (χ1v) is 4.67. The lowest BCUT2D eigenvalue weighted by atomic mass is 10.3. The third kappa shape index (κ3) is 3.32. The molecule has 4 nitrogen and oxygen atoms in total. The second-order valence-corrected chi connectivity index (χ2v) is 3.64. The van der Waals surface area contributed by atoms with Gasteiger partial charge in [-0.3, -0.25) is 4.79 Å². The molecule has 1 rings (SSSR count). The number of amides is 1. The number of β-amino-alcohol motifs (C(OH)–C–C–N with tert-alkyl or cyclic N) is 1. The number of aliphatic hydroxyl groups excluding tert-OH is 1. The molecule has 1 saturated heterocycles. The molecule has 1 aliphatic rings. The lowest BCUT2D eigenvalue weighted by Gasteiger charge is -2.16. The highest BCUT2D eigenvalue weighted by Crippen LogP contribution is 2.08. The Morgan fingerprint density at radius 3 is 2.85 bits per heavy atom. The van der Waals surface area contributed by atoms with Crippen molar-refractivity contribution in [2.75, 3.05) is 19.7 Å². The average Bonchev–Trinajstić information content (AvgIpc) is 2.47. The maximum atomic E-state index is 11.4. The molecule has 1 heterocycles. The molecule has 1 atom stereocenters. The minimum Gasteiger partial charge on any atom is -0.391 e. The van der Waals surface area contributed by atoms with Gasteiger partial charge in [-0.2, -0.15) is 0 Å². The van der Waals surface area contributed by atoms with Gasteiger partial charge in [0, 0.05) is 13.1 Å². The fourth-order valence-corrected chi connectivity index (χ4v) is 1.30. The molecule has 0 aliphatic carbocycles. The summed E-state index contributed by atoms with van der Waals surface area (Å²) >= 11 is 0. The van der Waals surface area contributed by atoms with Crippen LogP contribution in [0.25, 0.3) is 0 Å². The van der Waals surface area contributed by atoms with Crippen molar-refractivity contribution in [3.05, 3.63) is 0 Å². The minimum atomic E-state index is -0.344. The van der Waals surface area contributed by atoms with Gasteiger partial charge < -0.3 is 14.7 Å². The number of carbonyl (C=O) groups is 1. The Balaban J connectivity index is 2.24. The maximum Gasteiger partial charge on any atom is 0.248 e. The van der Waals surface area contributed by atoms with E-state index >= 15 is 0 Å². The molecule has 0 aromatic rings. The molecule has 76 valence electrons. The van der Waals surface area contributed by atoms with E-state index in [9.17, 15) is 9.90 Å². The topological polar surface area (TPSA) is 49.8 Å². The van der Waals surface area contributed by atoms with Gasteiger partial charge >= 0.3 is 0 Å². The van der Waals surface area contributed by atoms with Crippen LogP contribution in [0.3, 0.4) is 0 Å². The smallest absolute Gasteiger partial charge is 0.248 e. The van der Waals surface area contributed by atoms with Crippen molar-refractivity contribution in [2.24, 2.45) is 0 Å². The van der Waals surface area contributed by atoms with Crippen LogP contribution in [0.5, 0.6) is 0 Å². The Morgan fingerprint density at radius 1 is 1.69 bits per heavy atom.